The van der Waals surface area contributed by atoms with Crippen molar-refractivity contribution in [2.75, 3.05) is 0 Å². The van der Waals surface area contributed by atoms with E-state index in [1.54, 1.807) is 19.1 Å². The zero-order valence-corrected chi connectivity index (χ0v) is 17.6. The van der Waals surface area contributed by atoms with Gasteiger partial charge in [-0.05, 0) is 54.4 Å². The molecule has 0 saturated heterocycles. The maximum absolute atomic E-state index is 13.7. The molecule has 7 nitrogen and oxygen atoms in total. The van der Waals surface area contributed by atoms with Gasteiger partial charge in [0.2, 0.25) is 11.2 Å². The average Bonchev–Trinajstić information content (AvgIpc) is 2.79. The molecule has 0 saturated carbocycles. The lowest BCUT2D eigenvalue weighted by Gasteiger charge is -2.14. The second kappa shape index (κ2) is 8.89. The molecule has 0 aliphatic carbocycles. The Balaban J connectivity index is 1.67. The number of halogens is 3. The van der Waals surface area contributed by atoms with Crippen molar-refractivity contribution in [2.24, 2.45) is 0 Å². The zero-order chi connectivity index (χ0) is 24.5. The minimum atomic E-state index is -4.98. The van der Waals surface area contributed by atoms with Gasteiger partial charge in [-0.25, -0.2) is 0 Å². The minimum Gasteiger partial charge on any atom is -0.489 e. The van der Waals surface area contributed by atoms with Crippen molar-refractivity contribution in [1.29, 1.82) is 0 Å². The second-order valence-corrected chi connectivity index (χ2v) is 7.38. The average molecular weight is 471 g/mol. The quantitative estimate of drug-likeness (QED) is 0.239. The van der Waals surface area contributed by atoms with Gasteiger partial charge in [0.15, 0.2) is 0 Å². The second-order valence-electron chi connectivity index (χ2n) is 7.38. The predicted molar refractivity (Wildman–Crippen MR) is 116 cm³/mol. The van der Waals surface area contributed by atoms with Gasteiger partial charge < -0.3 is 13.9 Å². The molecular formula is C24H16F3NO6. The van der Waals surface area contributed by atoms with Gasteiger partial charge in [-0.2, -0.15) is 13.2 Å². The van der Waals surface area contributed by atoms with E-state index in [0.717, 1.165) is 5.56 Å². The number of benzene rings is 3. The Labute approximate surface area is 190 Å². The molecule has 4 rings (SSSR count). The van der Waals surface area contributed by atoms with Crippen LogP contribution in [0.4, 0.5) is 18.9 Å². The summed E-state index contributed by atoms with van der Waals surface area (Å²) < 4.78 is 57.1. The third-order valence-electron chi connectivity index (χ3n) is 4.84. The number of nitrogens with zero attached hydrogens (tertiary/aromatic N) is 1. The predicted octanol–water partition coefficient (Wildman–Crippen LogP) is 6.40. The Hall–Kier alpha value is -4.34. The van der Waals surface area contributed by atoms with E-state index in [0.29, 0.717) is 5.56 Å². The molecule has 4 aromatic rings. The maximum Gasteiger partial charge on any atom is 0.453 e. The van der Waals surface area contributed by atoms with Crippen LogP contribution in [0.1, 0.15) is 16.9 Å². The van der Waals surface area contributed by atoms with Gasteiger partial charge >= 0.3 is 6.18 Å². The number of hydrogen-bond acceptors (Lipinski definition) is 6. The molecule has 0 N–H and O–H groups in total. The molecule has 0 amide bonds. The molecule has 0 atom stereocenters. The van der Waals surface area contributed by atoms with Crippen LogP contribution in [0, 0.1) is 17.0 Å². The molecule has 1 heterocycles. The van der Waals surface area contributed by atoms with E-state index in [9.17, 15) is 28.1 Å². The lowest BCUT2D eigenvalue weighted by Crippen LogP contribution is -2.15. The first-order valence-corrected chi connectivity index (χ1v) is 9.90. The highest BCUT2D eigenvalue weighted by Crippen LogP contribution is 2.38. The standard InChI is InChI=1S/C24H16F3NO6/c1-14-3-2-4-18(11-14)33-22-21(29)19-10-9-17(12-20(19)34-23(22)24(25,26)27)32-13-15-5-7-16(8-6-15)28(30)31/h2-12H,13H2,1H3. The van der Waals surface area contributed by atoms with Crippen LogP contribution in [-0.4, -0.2) is 4.92 Å². The topological polar surface area (TPSA) is 91.8 Å². The van der Waals surface area contributed by atoms with Gasteiger partial charge in [0.25, 0.3) is 11.4 Å². The summed E-state index contributed by atoms with van der Waals surface area (Å²) in [7, 11) is 0. The van der Waals surface area contributed by atoms with E-state index in [1.807, 2.05) is 0 Å². The van der Waals surface area contributed by atoms with Crippen molar-refractivity contribution < 1.29 is 32.0 Å². The Morgan fingerprint density at radius 2 is 1.74 bits per heavy atom. The van der Waals surface area contributed by atoms with Gasteiger partial charge in [-0.15, -0.1) is 0 Å². The molecule has 0 aliphatic heterocycles. The van der Waals surface area contributed by atoms with Crippen molar-refractivity contribution in [1.82, 2.24) is 0 Å². The van der Waals surface area contributed by atoms with Crippen LogP contribution in [0.25, 0.3) is 11.0 Å². The highest BCUT2D eigenvalue weighted by molar-refractivity contribution is 5.79. The molecule has 0 bridgehead atoms. The highest BCUT2D eigenvalue weighted by atomic mass is 19.4. The van der Waals surface area contributed by atoms with Crippen LogP contribution in [0.15, 0.2) is 75.9 Å². The summed E-state index contributed by atoms with van der Waals surface area (Å²) in [6.07, 6.45) is -4.98. The van der Waals surface area contributed by atoms with Crippen molar-refractivity contribution in [3.63, 3.8) is 0 Å². The van der Waals surface area contributed by atoms with Crippen molar-refractivity contribution in [3.8, 4) is 17.2 Å². The minimum absolute atomic E-state index is 0.00554. The number of hydrogen-bond donors (Lipinski definition) is 0. The molecular weight excluding hydrogens is 455 g/mol. The first-order valence-electron chi connectivity index (χ1n) is 9.90. The fourth-order valence-corrected chi connectivity index (χ4v) is 3.20. The van der Waals surface area contributed by atoms with E-state index in [-0.39, 0.29) is 34.8 Å². The third kappa shape index (κ3) is 4.85. The summed E-state index contributed by atoms with van der Waals surface area (Å²) in [5.74, 6) is -2.29. The van der Waals surface area contributed by atoms with Crippen LogP contribution < -0.4 is 14.9 Å². The van der Waals surface area contributed by atoms with Crippen LogP contribution in [-0.2, 0) is 12.8 Å². The number of alkyl halides is 3. The van der Waals surface area contributed by atoms with Crippen LogP contribution in [0.3, 0.4) is 0 Å². The number of nitro benzene ring substituents is 1. The number of nitro groups is 1. The molecule has 3 aromatic carbocycles. The van der Waals surface area contributed by atoms with E-state index >= 15 is 0 Å². The first-order chi connectivity index (χ1) is 16.1. The molecule has 10 heteroatoms. The molecule has 174 valence electrons. The van der Waals surface area contributed by atoms with Gasteiger partial charge in [0, 0.05) is 18.2 Å². The van der Waals surface area contributed by atoms with E-state index in [4.69, 9.17) is 13.9 Å². The summed E-state index contributed by atoms with van der Waals surface area (Å²) in [6.45, 7) is 1.73. The maximum atomic E-state index is 13.7. The Bertz CT molecular complexity index is 1430. The largest absolute Gasteiger partial charge is 0.489 e. The number of rotatable bonds is 6. The summed E-state index contributed by atoms with van der Waals surface area (Å²) in [5.41, 5.74) is -0.0391. The van der Waals surface area contributed by atoms with Gasteiger partial charge in [-0.3, -0.25) is 14.9 Å². The number of aryl methyl sites for hydroxylation is 1. The SMILES string of the molecule is Cc1cccc(Oc2c(C(F)(F)F)oc3cc(OCc4ccc([N+](=O)[O-])cc4)ccc3c2=O)c1. The Morgan fingerprint density at radius 3 is 2.38 bits per heavy atom. The Morgan fingerprint density at radius 1 is 1.00 bits per heavy atom. The smallest absolute Gasteiger partial charge is 0.453 e. The van der Waals surface area contributed by atoms with Crippen LogP contribution in [0.5, 0.6) is 17.2 Å². The lowest BCUT2D eigenvalue weighted by atomic mass is 10.2. The normalized spacial score (nSPS) is 11.4. The molecule has 0 aliphatic rings. The van der Waals surface area contributed by atoms with E-state index in [1.165, 1.54) is 54.6 Å². The zero-order valence-electron chi connectivity index (χ0n) is 17.6. The third-order valence-corrected chi connectivity index (χ3v) is 4.84. The van der Waals surface area contributed by atoms with Crippen molar-refractivity contribution in [2.45, 2.75) is 19.7 Å². The Kier molecular flexibility index (Phi) is 5.97. The molecule has 0 spiro atoms. The van der Waals surface area contributed by atoms with Crippen LogP contribution >= 0.6 is 0 Å². The lowest BCUT2D eigenvalue weighted by molar-refractivity contribution is -0.384. The fourth-order valence-electron chi connectivity index (χ4n) is 3.20. The molecule has 0 unspecified atom stereocenters. The number of non-ortho nitro benzene ring substituents is 1. The molecule has 1 aromatic heterocycles. The summed E-state index contributed by atoms with van der Waals surface area (Å²) in [5, 5.41) is 10.6. The van der Waals surface area contributed by atoms with Crippen molar-refractivity contribution >= 4 is 16.7 Å². The van der Waals surface area contributed by atoms with Crippen LogP contribution in [0.2, 0.25) is 0 Å². The van der Waals surface area contributed by atoms with Gasteiger partial charge in [-0.1, -0.05) is 12.1 Å². The molecule has 0 fully saturated rings. The van der Waals surface area contributed by atoms with Gasteiger partial charge in [0.1, 0.15) is 23.7 Å². The monoisotopic (exact) mass is 471 g/mol. The molecule has 34 heavy (non-hydrogen) atoms. The first kappa shape index (κ1) is 22.8. The highest BCUT2D eigenvalue weighted by Gasteiger charge is 2.40. The van der Waals surface area contributed by atoms with Gasteiger partial charge in [0.05, 0.1) is 10.3 Å². The van der Waals surface area contributed by atoms with E-state index < -0.39 is 28.0 Å². The summed E-state index contributed by atoms with van der Waals surface area (Å²) >= 11 is 0. The number of ether oxygens (including phenoxy) is 2. The molecule has 0 radical (unpaired) electrons. The van der Waals surface area contributed by atoms with Crippen molar-refractivity contribution in [3.05, 3.63) is 104 Å². The summed E-state index contributed by atoms with van der Waals surface area (Å²) in [4.78, 5) is 23.1. The fraction of sp³-hybridized carbons (Fsp3) is 0.125. The summed E-state index contributed by atoms with van der Waals surface area (Å²) in [6, 6.07) is 15.7. The number of fused-ring (bicyclic) bond motifs is 1. The van der Waals surface area contributed by atoms with E-state index in [2.05, 4.69) is 0 Å².